The van der Waals surface area contributed by atoms with Gasteiger partial charge in [0.25, 0.3) is 0 Å². The molecular weight excluding hydrogens is 284 g/mol. The molecule has 21 heavy (non-hydrogen) atoms. The highest BCUT2D eigenvalue weighted by Gasteiger charge is 2.30. The fourth-order valence-corrected chi connectivity index (χ4v) is 4.58. The van der Waals surface area contributed by atoms with Crippen LogP contribution in [0.1, 0.15) is 50.7 Å². The molecule has 2 rings (SSSR count). The molecule has 1 aromatic carbocycles. The van der Waals surface area contributed by atoms with Gasteiger partial charge in [-0.3, -0.25) is 0 Å². The third kappa shape index (κ3) is 3.84. The fraction of sp³-hybridized carbons (Fsp3) is 0.625. The number of aryl methyl sites for hydroxylation is 1. The average molecular weight is 310 g/mol. The van der Waals surface area contributed by atoms with Gasteiger partial charge in [0.2, 0.25) is 10.0 Å². The highest BCUT2D eigenvalue weighted by Crippen LogP contribution is 2.37. The lowest BCUT2D eigenvalue weighted by Gasteiger charge is -2.24. The Morgan fingerprint density at radius 2 is 1.95 bits per heavy atom. The second-order valence-electron chi connectivity index (χ2n) is 6.34. The molecule has 0 aliphatic heterocycles. The lowest BCUT2D eigenvalue weighted by atomic mass is 9.89. The second-order valence-corrected chi connectivity index (χ2v) is 8.08. The Morgan fingerprint density at radius 1 is 1.29 bits per heavy atom. The normalized spacial score (nSPS) is 18.0. The van der Waals surface area contributed by atoms with E-state index in [2.05, 4.69) is 11.6 Å². The standard InChI is InChI=1S/C16H26N2O2S/c1-3-14-7-6-13(11-17)10-15(14)21(19,20)18-12-16(2)8-4-5-9-16/h6-7,10,18H,3-5,8-9,11-12,17H2,1-2H3. The second kappa shape index (κ2) is 6.46. The van der Waals surface area contributed by atoms with Gasteiger partial charge in [-0.25, -0.2) is 13.1 Å². The Labute approximate surface area is 128 Å². The summed E-state index contributed by atoms with van der Waals surface area (Å²) in [5, 5.41) is 0. The molecule has 118 valence electrons. The molecule has 0 radical (unpaired) electrons. The predicted molar refractivity (Wildman–Crippen MR) is 85.5 cm³/mol. The number of sulfonamides is 1. The third-order valence-electron chi connectivity index (χ3n) is 4.54. The Hall–Kier alpha value is -0.910. The van der Waals surface area contributed by atoms with Crippen LogP contribution in [0.5, 0.6) is 0 Å². The first-order valence-corrected chi connectivity index (χ1v) is 9.20. The van der Waals surface area contributed by atoms with Crippen LogP contribution in [0.4, 0.5) is 0 Å². The van der Waals surface area contributed by atoms with E-state index in [4.69, 9.17) is 5.73 Å². The highest BCUT2D eigenvalue weighted by molar-refractivity contribution is 7.89. The molecule has 0 aromatic heterocycles. The van der Waals surface area contributed by atoms with Gasteiger partial charge in [-0.1, -0.05) is 38.8 Å². The van der Waals surface area contributed by atoms with Crippen LogP contribution >= 0.6 is 0 Å². The van der Waals surface area contributed by atoms with Gasteiger partial charge in [0.15, 0.2) is 0 Å². The van der Waals surface area contributed by atoms with Crippen LogP contribution < -0.4 is 10.5 Å². The van der Waals surface area contributed by atoms with Gasteiger partial charge < -0.3 is 5.73 Å². The molecule has 3 N–H and O–H groups in total. The lowest BCUT2D eigenvalue weighted by molar-refractivity contribution is 0.336. The summed E-state index contributed by atoms with van der Waals surface area (Å²) < 4.78 is 28.1. The third-order valence-corrected chi connectivity index (χ3v) is 6.02. The zero-order valence-electron chi connectivity index (χ0n) is 13.0. The molecule has 0 unspecified atom stereocenters. The number of hydrogen-bond donors (Lipinski definition) is 2. The Balaban J connectivity index is 2.22. The van der Waals surface area contributed by atoms with Crippen LogP contribution in [-0.2, 0) is 23.0 Å². The summed E-state index contributed by atoms with van der Waals surface area (Å²) in [6.07, 6.45) is 5.28. The van der Waals surface area contributed by atoms with Crippen LogP contribution in [0.15, 0.2) is 23.1 Å². The Kier molecular flexibility index (Phi) is 5.07. The van der Waals surface area contributed by atoms with Crippen molar-refractivity contribution in [3.05, 3.63) is 29.3 Å². The summed E-state index contributed by atoms with van der Waals surface area (Å²) in [7, 11) is -3.47. The van der Waals surface area contributed by atoms with Gasteiger partial charge >= 0.3 is 0 Å². The topological polar surface area (TPSA) is 72.2 Å². The molecule has 0 spiro atoms. The van der Waals surface area contributed by atoms with Gasteiger partial charge in [0.05, 0.1) is 4.90 Å². The molecule has 1 saturated carbocycles. The molecule has 1 fully saturated rings. The zero-order chi connectivity index (χ0) is 15.5. The smallest absolute Gasteiger partial charge is 0.240 e. The Bertz CT molecular complexity index is 590. The maximum Gasteiger partial charge on any atom is 0.240 e. The molecular formula is C16H26N2O2S. The van der Waals surface area contributed by atoms with Gasteiger partial charge in [-0.2, -0.15) is 0 Å². The molecule has 0 amide bonds. The molecule has 0 bridgehead atoms. The minimum Gasteiger partial charge on any atom is -0.326 e. The zero-order valence-corrected chi connectivity index (χ0v) is 13.8. The van der Waals surface area contributed by atoms with E-state index in [1.807, 2.05) is 19.1 Å². The van der Waals surface area contributed by atoms with Gasteiger partial charge in [-0.05, 0) is 41.9 Å². The van der Waals surface area contributed by atoms with Gasteiger partial charge in [0.1, 0.15) is 0 Å². The van der Waals surface area contributed by atoms with E-state index in [0.717, 1.165) is 24.0 Å². The van der Waals surface area contributed by atoms with Crippen LogP contribution in [0.2, 0.25) is 0 Å². The van der Waals surface area contributed by atoms with E-state index in [1.165, 1.54) is 12.8 Å². The molecule has 1 aliphatic carbocycles. The number of nitrogens with two attached hydrogens (primary N) is 1. The first-order chi connectivity index (χ1) is 9.90. The molecule has 0 saturated heterocycles. The van der Waals surface area contributed by atoms with E-state index in [0.29, 0.717) is 24.4 Å². The fourth-order valence-electron chi connectivity index (χ4n) is 3.02. The monoisotopic (exact) mass is 310 g/mol. The van der Waals surface area contributed by atoms with Gasteiger partial charge in [-0.15, -0.1) is 0 Å². The average Bonchev–Trinajstić information content (AvgIpc) is 2.92. The summed E-state index contributed by atoms with van der Waals surface area (Å²) in [5.74, 6) is 0. The minimum atomic E-state index is -3.47. The number of rotatable bonds is 6. The number of benzene rings is 1. The summed E-state index contributed by atoms with van der Waals surface area (Å²) in [6, 6.07) is 5.47. The summed E-state index contributed by atoms with van der Waals surface area (Å²) in [6.45, 7) is 5.00. The first kappa shape index (κ1) is 16.5. The Morgan fingerprint density at radius 3 is 2.52 bits per heavy atom. The van der Waals surface area contributed by atoms with E-state index < -0.39 is 10.0 Å². The maximum atomic E-state index is 12.6. The molecule has 1 aliphatic rings. The largest absolute Gasteiger partial charge is 0.326 e. The maximum absolute atomic E-state index is 12.6. The summed E-state index contributed by atoms with van der Waals surface area (Å²) >= 11 is 0. The van der Waals surface area contributed by atoms with E-state index >= 15 is 0 Å². The van der Waals surface area contributed by atoms with Crippen LogP contribution in [-0.4, -0.2) is 15.0 Å². The van der Waals surface area contributed by atoms with Crippen molar-refractivity contribution in [2.45, 2.75) is 57.4 Å². The molecule has 0 heterocycles. The first-order valence-electron chi connectivity index (χ1n) is 7.72. The van der Waals surface area contributed by atoms with Crippen molar-refractivity contribution in [2.24, 2.45) is 11.1 Å². The van der Waals surface area contributed by atoms with E-state index in [1.54, 1.807) is 6.07 Å². The molecule has 0 atom stereocenters. The summed E-state index contributed by atoms with van der Waals surface area (Å²) in [5.41, 5.74) is 7.43. The van der Waals surface area contributed by atoms with Crippen molar-refractivity contribution >= 4 is 10.0 Å². The van der Waals surface area contributed by atoms with Crippen molar-refractivity contribution in [3.63, 3.8) is 0 Å². The minimum absolute atomic E-state index is 0.102. The van der Waals surface area contributed by atoms with Crippen LogP contribution in [0.25, 0.3) is 0 Å². The molecule has 4 nitrogen and oxygen atoms in total. The number of nitrogens with one attached hydrogen (secondary N) is 1. The predicted octanol–water partition coefficient (Wildman–Crippen LogP) is 2.57. The van der Waals surface area contributed by atoms with Crippen LogP contribution in [0.3, 0.4) is 0 Å². The van der Waals surface area contributed by atoms with Crippen molar-refractivity contribution in [1.29, 1.82) is 0 Å². The highest BCUT2D eigenvalue weighted by atomic mass is 32.2. The number of hydrogen-bond acceptors (Lipinski definition) is 3. The van der Waals surface area contributed by atoms with Gasteiger partial charge in [0, 0.05) is 13.1 Å². The van der Waals surface area contributed by atoms with Crippen molar-refractivity contribution < 1.29 is 8.42 Å². The quantitative estimate of drug-likeness (QED) is 0.848. The van der Waals surface area contributed by atoms with E-state index in [9.17, 15) is 8.42 Å². The van der Waals surface area contributed by atoms with E-state index in [-0.39, 0.29) is 5.41 Å². The lowest BCUT2D eigenvalue weighted by Crippen LogP contribution is -2.34. The van der Waals surface area contributed by atoms with Crippen molar-refractivity contribution in [2.75, 3.05) is 6.54 Å². The SMILES string of the molecule is CCc1ccc(CN)cc1S(=O)(=O)NCC1(C)CCCC1. The molecule has 1 aromatic rings. The van der Waals surface area contributed by atoms with Crippen LogP contribution in [0, 0.1) is 5.41 Å². The van der Waals surface area contributed by atoms with Crippen molar-refractivity contribution in [1.82, 2.24) is 4.72 Å². The molecule has 5 heteroatoms. The van der Waals surface area contributed by atoms with Crippen molar-refractivity contribution in [3.8, 4) is 0 Å². The summed E-state index contributed by atoms with van der Waals surface area (Å²) in [4.78, 5) is 0.384.